The van der Waals surface area contributed by atoms with Crippen LogP contribution in [0.4, 0.5) is 0 Å². The molecular formula is C11H16N2O. The van der Waals surface area contributed by atoms with E-state index in [4.69, 9.17) is 0 Å². The number of hydrogen-bond donors (Lipinski definition) is 2. The van der Waals surface area contributed by atoms with Gasteiger partial charge in [-0.1, -0.05) is 6.07 Å². The molecule has 1 aromatic heterocycles. The minimum Gasteiger partial charge on any atom is -0.383 e. The van der Waals surface area contributed by atoms with Crippen LogP contribution in [0.25, 0.3) is 0 Å². The van der Waals surface area contributed by atoms with Gasteiger partial charge in [-0.15, -0.1) is 0 Å². The second-order valence-corrected chi connectivity index (χ2v) is 3.95. The van der Waals surface area contributed by atoms with Gasteiger partial charge in [0.15, 0.2) is 0 Å². The van der Waals surface area contributed by atoms with Crippen molar-refractivity contribution < 1.29 is 5.11 Å². The highest BCUT2D eigenvalue weighted by molar-refractivity contribution is 5.24. The predicted molar refractivity (Wildman–Crippen MR) is 55.0 cm³/mol. The van der Waals surface area contributed by atoms with Crippen LogP contribution in [-0.4, -0.2) is 23.2 Å². The maximum absolute atomic E-state index is 10.4. The molecule has 0 amide bonds. The number of hydrogen-bond acceptors (Lipinski definition) is 3. The topological polar surface area (TPSA) is 45.2 Å². The molecule has 1 aliphatic rings. The van der Waals surface area contributed by atoms with E-state index in [1.807, 2.05) is 19.1 Å². The van der Waals surface area contributed by atoms with Crippen LogP contribution in [0.5, 0.6) is 0 Å². The Morgan fingerprint density at radius 1 is 1.43 bits per heavy atom. The van der Waals surface area contributed by atoms with E-state index in [1.165, 1.54) is 0 Å². The molecule has 14 heavy (non-hydrogen) atoms. The Morgan fingerprint density at radius 2 is 2.14 bits per heavy atom. The molecule has 2 heterocycles. The summed E-state index contributed by atoms with van der Waals surface area (Å²) < 4.78 is 0. The molecule has 3 heteroatoms. The Bertz CT molecular complexity index is 319. The van der Waals surface area contributed by atoms with Crippen molar-refractivity contribution in [2.45, 2.75) is 25.4 Å². The van der Waals surface area contributed by atoms with Crippen LogP contribution in [0.15, 0.2) is 18.3 Å². The van der Waals surface area contributed by atoms with E-state index >= 15 is 0 Å². The Hall–Kier alpha value is -0.930. The Labute approximate surface area is 84.2 Å². The summed E-state index contributed by atoms with van der Waals surface area (Å²) in [4.78, 5) is 4.30. The molecule has 0 aliphatic carbocycles. The van der Waals surface area contributed by atoms with Crippen molar-refractivity contribution in [3.63, 3.8) is 0 Å². The fraction of sp³-hybridized carbons (Fsp3) is 0.545. The molecule has 0 aromatic carbocycles. The summed E-state index contributed by atoms with van der Waals surface area (Å²) in [5.41, 5.74) is 1.22. The lowest BCUT2D eigenvalue weighted by molar-refractivity contribution is 0.00127. The van der Waals surface area contributed by atoms with Crippen molar-refractivity contribution in [3.05, 3.63) is 29.6 Å². The van der Waals surface area contributed by atoms with Crippen molar-refractivity contribution >= 4 is 0 Å². The van der Waals surface area contributed by atoms with Crippen molar-refractivity contribution in [2.24, 2.45) is 0 Å². The van der Waals surface area contributed by atoms with E-state index in [-0.39, 0.29) is 0 Å². The van der Waals surface area contributed by atoms with Gasteiger partial charge in [-0.3, -0.25) is 4.98 Å². The van der Waals surface area contributed by atoms with E-state index in [0.717, 1.165) is 37.2 Å². The number of aromatic nitrogens is 1. The summed E-state index contributed by atoms with van der Waals surface area (Å²) >= 11 is 0. The molecule has 0 atom stereocenters. The number of pyridine rings is 1. The Morgan fingerprint density at radius 3 is 2.79 bits per heavy atom. The summed E-state index contributed by atoms with van der Waals surface area (Å²) in [7, 11) is 0. The average molecular weight is 192 g/mol. The minimum absolute atomic E-state index is 0.712. The molecule has 3 nitrogen and oxygen atoms in total. The highest BCUT2D eigenvalue weighted by atomic mass is 16.3. The molecule has 1 saturated heterocycles. The largest absolute Gasteiger partial charge is 0.383 e. The standard InChI is InChI=1S/C11H16N2O/c1-9-3-2-6-13-10(9)11(14)4-7-12-8-5-11/h2-3,6,12,14H,4-5,7-8H2,1H3. The summed E-state index contributed by atoms with van der Waals surface area (Å²) in [6.07, 6.45) is 3.26. The van der Waals surface area contributed by atoms with Crippen LogP contribution in [0.2, 0.25) is 0 Å². The Kier molecular flexibility index (Phi) is 2.52. The van der Waals surface area contributed by atoms with E-state index in [2.05, 4.69) is 10.3 Å². The second-order valence-electron chi connectivity index (χ2n) is 3.95. The lowest BCUT2D eigenvalue weighted by Crippen LogP contribution is -2.40. The summed E-state index contributed by atoms with van der Waals surface area (Å²) in [6, 6.07) is 3.91. The number of aryl methyl sites for hydroxylation is 1. The maximum atomic E-state index is 10.4. The highest BCUT2D eigenvalue weighted by Gasteiger charge is 2.33. The SMILES string of the molecule is Cc1cccnc1C1(O)CCNCC1. The zero-order chi connectivity index (χ0) is 10.0. The van der Waals surface area contributed by atoms with Gasteiger partial charge in [0, 0.05) is 6.20 Å². The molecule has 0 unspecified atom stereocenters. The van der Waals surface area contributed by atoms with Crippen LogP contribution < -0.4 is 5.32 Å². The van der Waals surface area contributed by atoms with Gasteiger partial charge in [-0.2, -0.15) is 0 Å². The number of piperidine rings is 1. The second kappa shape index (κ2) is 3.67. The molecule has 0 bridgehead atoms. The van der Waals surface area contributed by atoms with Gasteiger partial charge in [0.25, 0.3) is 0 Å². The first kappa shape index (κ1) is 9.62. The third-order valence-corrected chi connectivity index (χ3v) is 2.88. The molecule has 0 radical (unpaired) electrons. The number of nitrogens with one attached hydrogen (secondary N) is 1. The minimum atomic E-state index is -0.712. The summed E-state index contributed by atoms with van der Waals surface area (Å²) in [5.74, 6) is 0. The van der Waals surface area contributed by atoms with Gasteiger partial charge in [-0.25, -0.2) is 0 Å². The smallest absolute Gasteiger partial charge is 0.109 e. The van der Waals surface area contributed by atoms with Crippen LogP contribution in [0.1, 0.15) is 24.1 Å². The van der Waals surface area contributed by atoms with Crippen LogP contribution in [0, 0.1) is 6.92 Å². The van der Waals surface area contributed by atoms with Crippen LogP contribution in [-0.2, 0) is 5.60 Å². The molecule has 2 N–H and O–H groups in total. The normalized spacial score (nSPS) is 20.7. The van der Waals surface area contributed by atoms with Gasteiger partial charge in [0.05, 0.1) is 5.69 Å². The van der Waals surface area contributed by atoms with Gasteiger partial charge in [0.1, 0.15) is 5.60 Å². The van der Waals surface area contributed by atoms with Crippen LogP contribution >= 0.6 is 0 Å². The molecule has 2 rings (SSSR count). The van der Waals surface area contributed by atoms with E-state index in [1.54, 1.807) is 6.20 Å². The Balaban J connectivity index is 2.32. The molecule has 76 valence electrons. The number of nitrogens with zero attached hydrogens (tertiary/aromatic N) is 1. The third kappa shape index (κ3) is 1.65. The van der Waals surface area contributed by atoms with Crippen molar-refractivity contribution in [2.75, 3.05) is 13.1 Å². The number of rotatable bonds is 1. The molecular weight excluding hydrogens is 176 g/mol. The zero-order valence-electron chi connectivity index (χ0n) is 8.45. The van der Waals surface area contributed by atoms with E-state index in [0.29, 0.717) is 0 Å². The number of aliphatic hydroxyl groups is 1. The molecule has 0 saturated carbocycles. The average Bonchev–Trinajstić information content (AvgIpc) is 2.19. The van der Waals surface area contributed by atoms with Crippen LogP contribution in [0.3, 0.4) is 0 Å². The van der Waals surface area contributed by atoms with Crippen molar-refractivity contribution in [3.8, 4) is 0 Å². The lowest BCUT2D eigenvalue weighted by Gasteiger charge is -2.32. The van der Waals surface area contributed by atoms with Crippen molar-refractivity contribution in [1.82, 2.24) is 10.3 Å². The monoisotopic (exact) mass is 192 g/mol. The van der Waals surface area contributed by atoms with E-state index in [9.17, 15) is 5.11 Å². The lowest BCUT2D eigenvalue weighted by atomic mass is 9.86. The maximum Gasteiger partial charge on any atom is 0.109 e. The van der Waals surface area contributed by atoms with Gasteiger partial charge >= 0.3 is 0 Å². The molecule has 1 fully saturated rings. The first-order chi connectivity index (χ1) is 6.72. The first-order valence-corrected chi connectivity index (χ1v) is 5.07. The third-order valence-electron chi connectivity index (χ3n) is 2.88. The van der Waals surface area contributed by atoms with Gasteiger partial charge in [-0.05, 0) is 44.5 Å². The van der Waals surface area contributed by atoms with E-state index < -0.39 is 5.60 Å². The molecule has 1 aromatic rings. The molecule has 1 aliphatic heterocycles. The fourth-order valence-electron chi connectivity index (χ4n) is 2.05. The zero-order valence-corrected chi connectivity index (χ0v) is 8.45. The summed E-state index contributed by atoms with van der Waals surface area (Å²) in [6.45, 7) is 3.74. The fourth-order valence-corrected chi connectivity index (χ4v) is 2.05. The summed E-state index contributed by atoms with van der Waals surface area (Å²) in [5, 5.41) is 13.7. The van der Waals surface area contributed by atoms with Gasteiger partial charge in [0.2, 0.25) is 0 Å². The first-order valence-electron chi connectivity index (χ1n) is 5.07. The highest BCUT2D eigenvalue weighted by Crippen LogP contribution is 2.30. The van der Waals surface area contributed by atoms with Gasteiger partial charge < -0.3 is 10.4 Å². The predicted octanol–water partition coefficient (Wildman–Crippen LogP) is 0.961. The molecule has 0 spiro atoms. The van der Waals surface area contributed by atoms with Crippen molar-refractivity contribution in [1.29, 1.82) is 0 Å². The quantitative estimate of drug-likeness (QED) is 0.696.